The van der Waals surface area contributed by atoms with Crippen LogP contribution in [-0.4, -0.2) is 42.6 Å². The van der Waals surface area contributed by atoms with Crippen LogP contribution < -0.4 is 4.90 Å². The monoisotopic (exact) mass is 255 g/mol. The van der Waals surface area contributed by atoms with Gasteiger partial charge in [0.2, 0.25) is 0 Å². The summed E-state index contributed by atoms with van der Waals surface area (Å²) in [6.45, 7) is 3.14. The maximum absolute atomic E-state index is 11.1. The second-order valence-corrected chi connectivity index (χ2v) is 4.40. The highest BCUT2D eigenvalue weighted by molar-refractivity contribution is 6.32. The number of likely N-dealkylation sites (N-methyl/N-ethyl adjacent to an activating group) is 1. The van der Waals surface area contributed by atoms with E-state index in [1.807, 2.05) is 11.9 Å². The summed E-state index contributed by atoms with van der Waals surface area (Å²) in [5, 5.41) is 0.202. The van der Waals surface area contributed by atoms with E-state index < -0.39 is 0 Å². The zero-order chi connectivity index (χ0) is 12.4. The number of nitrogens with zero attached hydrogens (tertiary/aromatic N) is 3. The minimum Gasteiger partial charge on any atom is -0.379 e. The molecule has 17 heavy (non-hydrogen) atoms. The van der Waals surface area contributed by atoms with Crippen LogP contribution in [0.4, 0.5) is 5.82 Å². The fourth-order valence-electron chi connectivity index (χ4n) is 1.90. The Kier molecular flexibility index (Phi) is 3.59. The number of carbonyl (C=O) groups is 1. The molecule has 2 rings (SSSR count). The van der Waals surface area contributed by atoms with Gasteiger partial charge in [0.1, 0.15) is 16.8 Å². The topological polar surface area (TPSA) is 55.3 Å². The highest BCUT2D eigenvalue weighted by Crippen LogP contribution is 2.25. The number of rotatable bonds is 3. The van der Waals surface area contributed by atoms with Crippen molar-refractivity contribution in [1.29, 1.82) is 0 Å². The van der Waals surface area contributed by atoms with E-state index in [0.29, 0.717) is 30.1 Å². The van der Waals surface area contributed by atoms with E-state index in [9.17, 15) is 4.79 Å². The average Bonchev–Trinajstić information content (AvgIpc) is 2.80. The number of hydrogen-bond donors (Lipinski definition) is 0. The first-order chi connectivity index (χ1) is 8.13. The number of aldehydes is 1. The maximum Gasteiger partial charge on any atom is 0.156 e. The van der Waals surface area contributed by atoms with Gasteiger partial charge < -0.3 is 9.64 Å². The lowest BCUT2D eigenvalue weighted by molar-refractivity contribution is 0.112. The van der Waals surface area contributed by atoms with Gasteiger partial charge in [-0.1, -0.05) is 11.6 Å². The predicted molar refractivity (Wildman–Crippen MR) is 64.8 cm³/mol. The van der Waals surface area contributed by atoms with Crippen LogP contribution >= 0.6 is 11.6 Å². The quantitative estimate of drug-likeness (QED) is 0.605. The van der Waals surface area contributed by atoms with Crippen LogP contribution in [0.1, 0.15) is 22.6 Å². The average molecular weight is 256 g/mol. The molecule has 0 spiro atoms. The van der Waals surface area contributed by atoms with Crippen molar-refractivity contribution >= 4 is 23.7 Å². The molecule has 1 atom stereocenters. The van der Waals surface area contributed by atoms with Crippen molar-refractivity contribution in [2.45, 2.75) is 19.4 Å². The summed E-state index contributed by atoms with van der Waals surface area (Å²) in [6.07, 6.45) is 1.62. The molecular formula is C11H14ClN3O2. The van der Waals surface area contributed by atoms with Gasteiger partial charge in [-0.05, 0) is 13.3 Å². The third-order valence-electron chi connectivity index (χ3n) is 2.90. The summed E-state index contributed by atoms with van der Waals surface area (Å²) in [6, 6.07) is 0.235. The molecule has 1 unspecified atom stereocenters. The number of anilines is 1. The Morgan fingerprint density at radius 2 is 2.29 bits per heavy atom. The third-order valence-corrected chi connectivity index (χ3v) is 3.18. The van der Waals surface area contributed by atoms with E-state index in [1.54, 1.807) is 6.92 Å². The zero-order valence-corrected chi connectivity index (χ0v) is 10.6. The number of aromatic nitrogens is 2. The Hall–Kier alpha value is -1.20. The molecule has 0 aromatic carbocycles. The van der Waals surface area contributed by atoms with E-state index in [0.717, 1.165) is 13.0 Å². The number of hydrogen-bond acceptors (Lipinski definition) is 5. The summed E-state index contributed by atoms with van der Waals surface area (Å²) >= 11 is 5.95. The van der Waals surface area contributed by atoms with E-state index >= 15 is 0 Å². The first kappa shape index (κ1) is 12.3. The lowest BCUT2D eigenvalue weighted by Gasteiger charge is -2.25. The maximum atomic E-state index is 11.1. The van der Waals surface area contributed by atoms with Crippen LogP contribution in [0.25, 0.3) is 0 Å². The van der Waals surface area contributed by atoms with Crippen LogP contribution in [0.2, 0.25) is 5.15 Å². The normalized spacial score (nSPS) is 19.4. The van der Waals surface area contributed by atoms with Gasteiger partial charge in [-0.15, -0.1) is 0 Å². The number of aryl methyl sites for hydroxylation is 1. The second kappa shape index (κ2) is 4.98. The first-order valence-corrected chi connectivity index (χ1v) is 5.81. The Labute approximate surface area is 105 Å². The molecule has 0 bridgehead atoms. The first-order valence-electron chi connectivity index (χ1n) is 5.43. The van der Waals surface area contributed by atoms with E-state index in [-0.39, 0.29) is 11.2 Å². The van der Waals surface area contributed by atoms with Gasteiger partial charge in [-0.25, -0.2) is 9.97 Å². The summed E-state index contributed by atoms with van der Waals surface area (Å²) in [5.41, 5.74) is 0.340. The number of ether oxygens (including phenoxy) is 1. The summed E-state index contributed by atoms with van der Waals surface area (Å²) in [5.74, 6) is 1.13. The van der Waals surface area contributed by atoms with Crippen molar-refractivity contribution in [1.82, 2.24) is 9.97 Å². The van der Waals surface area contributed by atoms with Gasteiger partial charge in [-0.3, -0.25) is 4.79 Å². The standard InChI is InChI=1S/C11H14ClN3O2/c1-7-13-10(12)9(5-16)11(14-7)15(2)8-3-4-17-6-8/h5,8H,3-4,6H2,1-2H3. The highest BCUT2D eigenvalue weighted by Gasteiger charge is 2.24. The fraction of sp³-hybridized carbons (Fsp3) is 0.545. The van der Waals surface area contributed by atoms with E-state index in [2.05, 4.69) is 9.97 Å². The van der Waals surface area contributed by atoms with Gasteiger partial charge >= 0.3 is 0 Å². The fourth-order valence-corrected chi connectivity index (χ4v) is 2.16. The van der Waals surface area contributed by atoms with Crippen LogP contribution in [0.3, 0.4) is 0 Å². The van der Waals surface area contributed by atoms with Crippen LogP contribution in [0.5, 0.6) is 0 Å². The molecule has 5 nitrogen and oxygen atoms in total. The minimum atomic E-state index is 0.202. The van der Waals surface area contributed by atoms with Crippen molar-refractivity contribution < 1.29 is 9.53 Å². The second-order valence-electron chi connectivity index (χ2n) is 4.05. The summed E-state index contributed by atoms with van der Waals surface area (Å²) in [4.78, 5) is 21.3. The molecule has 1 saturated heterocycles. The molecule has 1 aliphatic heterocycles. The van der Waals surface area contributed by atoms with Crippen LogP contribution in [0.15, 0.2) is 0 Å². The highest BCUT2D eigenvalue weighted by atomic mass is 35.5. The lowest BCUT2D eigenvalue weighted by atomic mass is 10.2. The molecule has 1 fully saturated rings. The molecule has 1 aromatic rings. The molecule has 0 amide bonds. The molecule has 1 aliphatic rings. The van der Waals surface area contributed by atoms with E-state index in [4.69, 9.17) is 16.3 Å². The van der Waals surface area contributed by atoms with E-state index in [1.165, 1.54) is 0 Å². The van der Waals surface area contributed by atoms with Gasteiger partial charge in [-0.2, -0.15) is 0 Å². The Morgan fingerprint density at radius 1 is 1.53 bits per heavy atom. The van der Waals surface area contributed by atoms with Gasteiger partial charge in [0.05, 0.1) is 18.2 Å². The third kappa shape index (κ3) is 2.40. The molecular weight excluding hydrogens is 242 g/mol. The van der Waals surface area contributed by atoms with Crippen molar-refractivity contribution in [2.24, 2.45) is 0 Å². The molecule has 1 aromatic heterocycles. The molecule has 0 radical (unpaired) electrons. The Bertz CT molecular complexity index is 433. The summed E-state index contributed by atoms with van der Waals surface area (Å²) in [7, 11) is 1.89. The van der Waals surface area contributed by atoms with Crippen LogP contribution in [-0.2, 0) is 4.74 Å². The lowest BCUT2D eigenvalue weighted by Crippen LogP contribution is -2.33. The molecule has 92 valence electrons. The Morgan fingerprint density at radius 3 is 2.88 bits per heavy atom. The van der Waals surface area contributed by atoms with Crippen molar-refractivity contribution in [3.8, 4) is 0 Å². The molecule has 0 N–H and O–H groups in total. The molecule has 6 heteroatoms. The van der Waals surface area contributed by atoms with Crippen molar-refractivity contribution in [2.75, 3.05) is 25.2 Å². The summed E-state index contributed by atoms with van der Waals surface area (Å²) < 4.78 is 5.33. The molecule has 2 heterocycles. The van der Waals surface area contributed by atoms with Crippen LogP contribution in [0, 0.1) is 6.92 Å². The molecule has 0 saturated carbocycles. The number of halogens is 1. The van der Waals surface area contributed by atoms with Gasteiger partial charge in [0, 0.05) is 13.7 Å². The molecule has 0 aliphatic carbocycles. The minimum absolute atomic E-state index is 0.202. The Balaban J connectivity index is 2.38. The SMILES string of the molecule is Cc1nc(Cl)c(C=O)c(N(C)C2CCOC2)n1. The van der Waals surface area contributed by atoms with Crippen molar-refractivity contribution in [3.63, 3.8) is 0 Å². The largest absolute Gasteiger partial charge is 0.379 e. The van der Waals surface area contributed by atoms with Gasteiger partial charge in [0.25, 0.3) is 0 Å². The smallest absolute Gasteiger partial charge is 0.156 e. The zero-order valence-electron chi connectivity index (χ0n) is 9.81. The number of carbonyl (C=O) groups excluding carboxylic acids is 1. The van der Waals surface area contributed by atoms with Crippen molar-refractivity contribution in [3.05, 3.63) is 16.5 Å². The predicted octanol–water partition coefficient (Wildman–Crippen LogP) is 1.48. The van der Waals surface area contributed by atoms with Gasteiger partial charge in [0.15, 0.2) is 6.29 Å².